The van der Waals surface area contributed by atoms with Gasteiger partial charge in [-0.1, -0.05) is 18.2 Å². The highest BCUT2D eigenvalue weighted by molar-refractivity contribution is 8.04. The van der Waals surface area contributed by atoms with Gasteiger partial charge in [0.15, 0.2) is 0 Å². The van der Waals surface area contributed by atoms with E-state index in [2.05, 4.69) is 5.32 Å². The zero-order chi connectivity index (χ0) is 12.7. The minimum atomic E-state index is -0.366. The molecule has 4 nitrogen and oxygen atoms in total. The molecular weight excluding hydrogens is 238 g/mol. The molecule has 92 valence electrons. The Hall–Kier alpha value is -1.46. The van der Waals surface area contributed by atoms with Gasteiger partial charge < -0.3 is 15.5 Å². The molecule has 0 aliphatic carbocycles. The van der Waals surface area contributed by atoms with Gasteiger partial charge in [0.25, 0.3) is 5.91 Å². The van der Waals surface area contributed by atoms with Crippen LogP contribution < -0.4 is 5.32 Å². The topological polar surface area (TPSA) is 69.6 Å². The van der Waals surface area contributed by atoms with E-state index in [1.807, 2.05) is 18.2 Å². The maximum atomic E-state index is 11.8. The van der Waals surface area contributed by atoms with E-state index in [4.69, 9.17) is 5.11 Å². The summed E-state index contributed by atoms with van der Waals surface area (Å²) < 4.78 is 0. The monoisotopic (exact) mass is 253 g/mol. The highest BCUT2D eigenvalue weighted by atomic mass is 32.2. The van der Waals surface area contributed by atoms with Crippen molar-refractivity contribution in [1.82, 2.24) is 0 Å². The number of thioether (sulfide) groups is 1. The van der Waals surface area contributed by atoms with Crippen molar-refractivity contribution in [2.45, 2.75) is 6.92 Å². The number of hydrogen-bond acceptors (Lipinski definition) is 4. The average molecular weight is 253 g/mol. The second-order valence-corrected chi connectivity index (χ2v) is 4.41. The van der Waals surface area contributed by atoms with Crippen molar-refractivity contribution >= 4 is 23.4 Å². The zero-order valence-corrected chi connectivity index (χ0v) is 10.3. The van der Waals surface area contributed by atoms with Crippen molar-refractivity contribution in [3.05, 3.63) is 41.0 Å². The van der Waals surface area contributed by atoms with Crippen LogP contribution in [-0.2, 0) is 4.79 Å². The number of carbonyl (C=O) groups is 1. The molecule has 0 spiro atoms. The molecule has 0 bridgehead atoms. The SMILES string of the molecule is CC(O)=C(SCCO)C(=O)Nc1ccccc1. The third kappa shape index (κ3) is 4.50. The molecule has 17 heavy (non-hydrogen) atoms. The van der Waals surface area contributed by atoms with Gasteiger partial charge in [-0.15, -0.1) is 11.8 Å². The normalized spacial score (nSPS) is 11.9. The Morgan fingerprint density at radius 3 is 2.53 bits per heavy atom. The number of anilines is 1. The molecule has 1 amide bonds. The van der Waals surface area contributed by atoms with Crippen LogP contribution in [0.2, 0.25) is 0 Å². The summed E-state index contributed by atoms with van der Waals surface area (Å²) in [5.74, 6) is -0.0401. The first-order chi connectivity index (χ1) is 8.15. The van der Waals surface area contributed by atoms with E-state index in [9.17, 15) is 9.90 Å². The molecule has 1 rings (SSSR count). The van der Waals surface area contributed by atoms with Crippen LogP contribution in [0.25, 0.3) is 0 Å². The molecule has 0 aliphatic heterocycles. The first kappa shape index (κ1) is 13.6. The van der Waals surface area contributed by atoms with E-state index in [-0.39, 0.29) is 23.2 Å². The molecule has 3 N–H and O–H groups in total. The van der Waals surface area contributed by atoms with Crippen molar-refractivity contribution in [3.8, 4) is 0 Å². The first-order valence-corrected chi connectivity index (χ1v) is 6.13. The van der Waals surface area contributed by atoms with Crippen molar-refractivity contribution in [2.75, 3.05) is 17.7 Å². The third-order valence-electron chi connectivity index (χ3n) is 1.90. The van der Waals surface area contributed by atoms with Crippen LogP contribution in [0.3, 0.4) is 0 Å². The molecule has 1 aromatic rings. The number of hydrogen-bond donors (Lipinski definition) is 3. The molecule has 5 heteroatoms. The van der Waals surface area contributed by atoms with Crippen molar-refractivity contribution in [1.29, 1.82) is 0 Å². The van der Waals surface area contributed by atoms with E-state index in [0.29, 0.717) is 11.4 Å². The summed E-state index contributed by atoms with van der Waals surface area (Å²) in [5.41, 5.74) is 0.667. The Balaban J connectivity index is 2.70. The Morgan fingerprint density at radius 1 is 1.35 bits per heavy atom. The van der Waals surface area contributed by atoms with Crippen LogP contribution in [0.4, 0.5) is 5.69 Å². The Labute approximate surface area is 104 Å². The standard InChI is InChI=1S/C12H15NO3S/c1-9(15)11(17-8-7-14)12(16)13-10-5-3-2-4-6-10/h2-6,14-15H,7-8H2,1H3,(H,13,16). The molecule has 0 saturated carbocycles. The summed E-state index contributed by atoms with van der Waals surface area (Å²) in [7, 11) is 0. The minimum absolute atomic E-state index is 0.0416. The number of aliphatic hydroxyl groups is 2. The average Bonchev–Trinajstić information content (AvgIpc) is 2.30. The van der Waals surface area contributed by atoms with Gasteiger partial charge in [0.1, 0.15) is 10.7 Å². The fourth-order valence-corrected chi connectivity index (χ4v) is 1.88. The van der Waals surface area contributed by atoms with E-state index in [0.717, 1.165) is 11.8 Å². The van der Waals surface area contributed by atoms with Crippen LogP contribution in [0.1, 0.15) is 6.92 Å². The Bertz CT molecular complexity index is 399. The van der Waals surface area contributed by atoms with Crippen molar-refractivity contribution < 1.29 is 15.0 Å². The highest BCUT2D eigenvalue weighted by Crippen LogP contribution is 2.20. The van der Waals surface area contributed by atoms with Gasteiger partial charge in [0.2, 0.25) is 0 Å². The van der Waals surface area contributed by atoms with Gasteiger partial charge in [0.05, 0.1) is 6.61 Å². The lowest BCUT2D eigenvalue weighted by molar-refractivity contribution is -0.112. The van der Waals surface area contributed by atoms with E-state index in [1.54, 1.807) is 12.1 Å². The fraction of sp³-hybridized carbons (Fsp3) is 0.250. The maximum absolute atomic E-state index is 11.8. The highest BCUT2D eigenvalue weighted by Gasteiger charge is 2.13. The van der Waals surface area contributed by atoms with Crippen LogP contribution >= 0.6 is 11.8 Å². The van der Waals surface area contributed by atoms with Crippen LogP contribution in [-0.4, -0.2) is 28.5 Å². The summed E-state index contributed by atoms with van der Waals surface area (Å²) in [6.45, 7) is 1.41. The van der Waals surface area contributed by atoms with Crippen LogP contribution in [0.5, 0.6) is 0 Å². The Kier molecular flexibility index (Phi) is 5.59. The van der Waals surface area contributed by atoms with Crippen LogP contribution in [0.15, 0.2) is 41.0 Å². The minimum Gasteiger partial charge on any atom is -0.511 e. The number of nitrogens with one attached hydrogen (secondary N) is 1. The van der Waals surface area contributed by atoms with E-state index < -0.39 is 0 Å². The number of para-hydroxylation sites is 1. The lowest BCUT2D eigenvalue weighted by atomic mass is 10.3. The van der Waals surface area contributed by atoms with Gasteiger partial charge in [-0.05, 0) is 19.1 Å². The molecular formula is C12H15NO3S. The van der Waals surface area contributed by atoms with E-state index in [1.165, 1.54) is 6.92 Å². The number of allylic oxidation sites excluding steroid dienone is 1. The van der Waals surface area contributed by atoms with Gasteiger partial charge in [-0.2, -0.15) is 0 Å². The summed E-state index contributed by atoms with van der Waals surface area (Å²) in [5, 5.41) is 20.8. The predicted molar refractivity (Wildman–Crippen MR) is 69.9 cm³/mol. The molecule has 0 saturated heterocycles. The number of benzene rings is 1. The second-order valence-electron chi connectivity index (χ2n) is 3.31. The van der Waals surface area contributed by atoms with Crippen LogP contribution in [0, 0.1) is 0 Å². The fourth-order valence-electron chi connectivity index (χ4n) is 1.19. The third-order valence-corrected chi connectivity index (χ3v) is 3.06. The lowest BCUT2D eigenvalue weighted by Gasteiger charge is -2.08. The summed E-state index contributed by atoms with van der Waals surface area (Å²) in [6, 6.07) is 9.00. The van der Waals surface area contributed by atoms with Gasteiger partial charge in [-0.25, -0.2) is 0 Å². The number of rotatable bonds is 5. The van der Waals surface area contributed by atoms with E-state index >= 15 is 0 Å². The van der Waals surface area contributed by atoms with Crippen molar-refractivity contribution in [2.24, 2.45) is 0 Å². The quantitative estimate of drug-likeness (QED) is 0.555. The molecule has 1 aromatic carbocycles. The first-order valence-electron chi connectivity index (χ1n) is 5.15. The molecule has 0 heterocycles. The zero-order valence-electron chi connectivity index (χ0n) is 9.51. The smallest absolute Gasteiger partial charge is 0.265 e. The Morgan fingerprint density at radius 2 is 2.00 bits per heavy atom. The molecule has 0 atom stereocenters. The van der Waals surface area contributed by atoms with Gasteiger partial charge in [0, 0.05) is 11.4 Å². The maximum Gasteiger partial charge on any atom is 0.265 e. The lowest BCUT2D eigenvalue weighted by Crippen LogP contribution is -2.14. The summed E-state index contributed by atoms with van der Waals surface area (Å²) >= 11 is 1.12. The summed E-state index contributed by atoms with van der Waals surface area (Å²) in [4.78, 5) is 12.1. The molecule has 0 radical (unpaired) electrons. The molecule has 0 fully saturated rings. The largest absolute Gasteiger partial charge is 0.511 e. The number of aliphatic hydroxyl groups excluding tert-OH is 2. The summed E-state index contributed by atoms with van der Waals surface area (Å²) in [6.07, 6.45) is 0. The molecule has 0 unspecified atom stereocenters. The van der Waals surface area contributed by atoms with Crippen molar-refractivity contribution in [3.63, 3.8) is 0 Å². The van der Waals surface area contributed by atoms with Gasteiger partial charge >= 0.3 is 0 Å². The predicted octanol–water partition coefficient (Wildman–Crippen LogP) is 2.14. The van der Waals surface area contributed by atoms with Gasteiger partial charge in [-0.3, -0.25) is 4.79 Å². The molecule has 0 aromatic heterocycles. The molecule has 0 aliphatic rings. The number of carbonyl (C=O) groups excluding carboxylic acids is 1. The number of amides is 1. The second kappa shape index (κ2) is 6.98.